The van der Waals surface area contributed by atoms with E-state index in [2.05, 4.69) is 0 Å². The van der Waals surface area contributed by atoms with Gasteiger partial charge in [0, 0.05) is 35.4 Å². The van der Waals surface area contributed by atoms with Crippen LogP contribution in [0.4, 0.5) is 17.6 Å². The lowest BCUT2D eigenvalue weighted by Gasteiger charge is -2.46. The third kappa shape index (κ3) is 4.32. The Balaban J connectivity index is 1.82. The lowest BCUT2D eigenvalue weighted by atomic mass is 9.93. The summed E-state index contributed by atoms with van der Waals surface area (Å²) in [7, 11) is 0. The number of alkyl halides is 3. The molecule has 0 fully saturated rings. The standard InChI is InChI=1S/C26H21F4N3O4S/c1-14(26(28,29)30)31-13-33(32-11-10-19(35)24(37-15(2)34)23(32)25(31)36)22-17-7-3-4-9-20(17)38-12-16-6-5-8-18(27)21(16)22/h3-11,14,22H,12-13H2,1-2H3/t14-,22?/m0/s1. The van der Waals surface area contributed by atoms with Gasteiger partial charge in [0.05, 0.1) is 0 Å². The molecule has 198 valence electrons. The number of halogens is 4. The minimum Gasteiger partial charge on any atom is -0.420 e. The second-order valence-electron chi connectivity index (χ2n) is 8.91. The van der Waals surface area contributed by atoms with Gasteiger partial charge >= 0.3 is 12.1 Å². The van der Waals surface area contributed by atoms with Crippen molar-refractivity contribution in [1.82, 2.24) is 9.58 Å². The van der Waals surface area contributed by atoms with Crippen LogP contribution in [-0.4, -0.2) is 40.3 Å². The summed E-state index contributed by atoms with van der Waals surface area (Å²) < 4.78 is 63.5. The minimum absolute atomic E-state index is 0.234. The molecule has 7 nitrogen and oxygen atoms in total. The zero-order valence-corrected chi connectivity index (χ0v) is 21.0. The zero-order valence-electron chi connectivity index (χ0n) is 20.2. The topological polar surface area (TPSA) is 71.8 Å². The highest BCUT2D eigenvalue weighted by Gasteiger charge is 2.48. The van der Waals surface area contributed by atoms with Crippen LogP contribution in [-0.2, 0) is 10.5 Å². The fourth-order valence-electron chi connectivity index (χ4n) is 4.74. The molecular weight excluding hydrogens is 526 g/mol. The lowest BCUT2D eigenvalue weighted by molar-refractivity contribution is -0.173. The Hall–Kier alpha value is -3.80. The van der Waals surface area contributed by atoms with Gasteiger partial charge in [-0.05, 0) is 30.2 Å². The molecule has 0 spiro atoms. The van der Waals surface area contributed by atoms with Gasteiger partial charge in [-0.2, -0.15) is 13.2 Å². The Morgan fingerprint density at radius 1 is 1.11 bits per heavy atom. The van der Waals surface area contributed by atoms with Gasteiger partial charge in [0.1, 0.15) is 24.6 Å². The fourth-order valence-corrected chi connectivity index (χ4v) is 5.82. The van der Waals surface area contributed by atoms with Crippen LogP contribution in [0.5, 0.6) is 5.75 Å². The van der Waals surface area contributed by atoms with E-state index >= 15 is 4.39 Å². The first-order valence-corrected chi connectivity index (χ1v) is 12.5. The molecule has 0 radical (unpaired) electrons. The molecule has 3 aromatic rings. The predicted molar refractivity (Wildman–Crippen MR) is 131 cm³/mol. The number of hydrogen-bond acceptors (Lipinski definition) is 6. The third-order valence-electron chi connectivity index (χ3n) is 6.57. The van der Waals surface area contributed by atoms with Crippen molar-refractivity contribution in [2.75, 3.05) is 11.7 Å². The summed E-state index contributed by atoms with van der Waals surface area (Å²) in [6.07, 6.45) is -3.58. The summed E-state index contributed by atoms with van der Waals surface area (Å²) in [6.45, 7) is 1.24. The zero-order chi connectivity index (χ0) is 27.4. The van der Waals surface area contributed by atoms with E-state index in [-0.39, 0.29) is 5.56 Å². The second-order valence-corrected chi connectivity index (χ2v) is 9.93. The molecular formula is C26H21F4N3O4S. The number of benzene rings is 2. The first kappa shape index (κ1) is 25.8. The normalized spacial score (nSPS) is 17.7. The monoisotopic (exact) mass is 547 g/mol. The van der Waals surface area contributed by atoms with Crippen molar-refractivity contribution < 1.29 is 31.9 Å². The van der Waals surface area contributed by atoms with Gasteiger partial charge in [-0.25, -0.2) is 4.39 Å². The van der Waals surface area contributed by atoms with Gasteiger partial charge in [-0.15, -0.1) is 11.8 Å². The molecule has 12 heteroatoms. The number of carbonyl (C=O) groups is 2. The Morgan fingerprint density at radius 2 is 1.84 bits per heavy atom. The van der Waals surface area contributed by atoms with Crippen molar-refractivity contribution in [3.05, 3.63) is 93.2 Å². The van der Waals surface area contributed by atoms with Gasteiger partial charge in [0.2, 0.25) is 11.2 Å². The lowest BCUT2D eigenvalue weighted by Crippen LogP contribution is -2.60. The number of carbonyl (C=O) groups excluding carboxylic acids is 2. The number of fused-ring (bicyclic) bond motifs is 3. The quantitative estimate of drug-likeness (QED) is 0.353. The molecule has 2 aliphatic rings. The fraction of sp³-hybridized carbons (Fsp3) is 0.269. The minimum atomic E-state index is -4.81. The Kier molecular flexibility index (Phi) is 6.46. The molecule has 0 N–H and O–H groups in total. The number of ether oxygens (including phenoxy) is 1. The molecule has 3 heterocycles. The maximum atomic E-state index is 15.5. The molecule has 0 bridgehead atoms. The number of aromatic nitrogens is 1. The molecule has 1 amide bonds. The van der Waals surface area contributed by atoms with E-state index in [9.17, 15) is 27.6 Å². The van der Waals surface area contributed by atoms with Crippen molar-refractivity contribution in [1.29, 1.82) is 0 Å². The number of rotatable bonds is 3. The van der Waals surface area contributed by atoms with Crippen LogP contribution in [0.1, 0.15) is 47.1 Å². The van der Waals surface area contributed by atoms with Crippen LogP contribution < -0.4 is 15.2 Å². The first-order chi connectivity index (χ1) is 18.0. The largest absolute Gasteiger partial charge is 0.420 e. The molecule has 0 saturated carbocycles. The van der Waals surface area contributed by atoms with Crippen LogP contribution in [0.3, 0.4) is 0 Å². The van der Waals surface area contributed by atoms with Gasteiger partial charge in [-0.3, -0.25) is 24.1 Å². The molecule has 0 aliphatic carbocycles. The summed E-state index contributed by atoms with van der Waals surface area (Å²) in [5, 5.41) is 1.39. The summed E-state index contributed by atoms with van der Waals surface area (Å²) in [5.41, 5.74) is 0.0601. The second kappa shape index (κ2) is 9.50. The maximum Gasteiger partial charge on any atom is 0.408 e. The number of nitrogens with zero attached hydrogens (tertiary/aromatic N) is 3. The molecule has 1 unspecified atom stereocenters. The van der Waals surface area contributed by atoms with Gasteiger partial charge in [0.15, 0.2) is 5.69 Å². The summed E-state index contributed by atoms with van der Waals surface area (Å²) in [5.74, 6) is -2.93. The summed E-state index contributed by atoms with van der Waals surface area (Å²) in [6, 6.07) is 9.49. The van der Waals surface area contributed by atoms with Crippen molar-refractivity contribution in [3.8, 4) is 5.75 Å². The molecule has 1 aromatic heterocycles. The highest BCUT2D eigenvalue weighted by molar-refractivity contribution is 7.98. The van der Waals surface area contributed by atoms with Crippen LogP contribution >= 0.6 is 11.8 Å². The highest BCUT2D eigenvalue weighted by atomic mass is 32.2. The van der Waals surface area contributed by atoms with Crippen LogP contribution in [0.2, 0.25) is 0 Å². The molecule has 38 heavy (non-hydrogen) atoms. The van der Waals surface area contributed by atoms with E-state index in [1.165, 1.54) is 33.7 Å². The van der Waals surface area contributed by atoms with Crippen LogP contribution in [0.25, 0.3) is 0 Å². The predicted octanol–water partition coefficient (Wildman–Crippen LogP) is 4.61. The number of amides is 1. The van der Waals surface area contributed by atoms with E-state index in [1.54, 1.807) is 30.3 Å². The number of esters is 1. The highest BCUT2D eigenvalue weighted by Crippen LogP contribution is 2.44. The van der Waals surface area contributed by atoms with E-state index in [4.69, 9.17) is 4.74 Å². The molecule has 2 atom stereocenters. The van der Waals surface area contributed by atoms with Gasteiger partial charge in [0.25, 0.3) is 5.91 Å². The Bertz CT molecular complexity index is 1510. The average Bonchev–Trinajstić information content (AvgIpc) is 3.03. The van der Waals surface area contributed by atoms with Crippen molar-refractivity contribution in [2.24, 2.45) is 0 Å². The molecule has 0 saturated heterocycles. The van der Waals surface area contributed by atoms with Crippen molar-refractivity contribution in [2.45, 2.75) is 42.8 Å². The van der Waals surface area contributed by atoms with Crippen molar-refractivity contribution in [3.63, 3.8) is 0 Å². The van der Waals surface area contributed by atoms with E-state index in [0.717, 1.165) is 24.8 Å². The average molecular weight is 548 g/mol. The van der Waals surface area contributed by atoms with E-state index in [0.29, 0.717) is 21.8 Å². The van der Waals surface area contributed by atoms with Crippen LogP contribution in [0.15, 0.2) is 64.4 Å². The Labute approximate surface area is 218 Å². The van der Waals surface area contributed by atoms with E-state index < -0.39 is 59.5 Å². The smallest absolute Gasteiger partial charge is 0.408 e. The third-order valence-corrected chi connectivity index (χ3v) is 7.71. The van der Waals surface area contributed by atoms with E-state index in [1.807, 2.05) is 6.07 Å². The molecule has 2 aromatic carbocycles. The maximum absolute atomic E-state index is 15.5. The van der Waals surface area contributed by atoms with Crippen molar-refractivity contribution >= 4 is 23.6 Å². The van der Waals surface area contributed by atoms with Crippen LogP contribution in [0, 0.1) is 5.82 Å². The summed E-state index contributed by atoms with van der Waals surface area (Å²) >= 11 is 1.45. The van der Waals surface area contributed by atoms with Gasteiger partial charge < -0.3 is 9.64 Å². The number of thioether (sulfide) groups is 1. The summed E-state index contributed by atoms with van der Waals surface area (Å²) in [4.78, 5) is 39.3. The molecule has 2 aliphatic heterocycles. The van der Waals surface area contributed by atoms with Gasteiger partial charge in [-0.1, -0.05) is 30.3 Å². The SMILES string of the molecule is CC(=O)Oc1c2n(ccc1=O)N(C1c3ccccc3SCc3cccc(F)c31)CN([C@@H](C)C(F)(F)F)C2=O. The molecule has 5 rings (SSSR count). The number of pyridine rings is 1. The first-order valence-electron chi connectivity index (χ1n) is 11.6. The Morgan fingerprint density at radius 3 is 2.55 bits per heavy atom. The number of hydrogen-bond donors (Lipinski definition) is 0.